The summed E-state index contributed by atoms with van der Waals surface area (Å²) >= 11 is 0. The van der Waals surface area contributed by atoms with E-state index in [-0.39, 0.29) is 35.5 Å². The lowest BCUT2D eigenvalue weighted by Gasteiger charge is -2.25. The molecule has 0 saturated carbocycles. The number of rotatable bonds is 8. The fraction of sp³-hybridized carbons (Fsp3) is 0.533. The van der Waals surface area contributed by atoms with Crippen molar-refractivity contribution in [1.29, 1.82) is 0 Å². The fourth-order valence-corrected chi connectivity index (χ4v) is 2.35. The molecule has 122 valence electrons. The van der Waals surface area contributed by atoms with E-state index in [2.05, 4.69) is 10.1 Å². The Morgan fingerprint density at radius 3 is 2.55 bits per heavy atom. The minimum Gasteiger partial charge on any atom is -0.465 e. The molecule has 0 spiro atoms. The number of nitro benzene ring substituents is 1. The standard InChI is InChI=1S/C15H22N2O5/c1-4-10(9-18)12(5-2)16-13-8-11(15(19)22-3)6-7-14(13)17(20)21/h6-8,10,12,16,18H,4-5,9H2,1-3H3/t10-,12-/m0/s1. The number of aliphatic hydroxyl groups is 1. The minimum absolute atomic E-state index is 0.00744. The van der Waals surface area contributed by atoms with Crippen LogP contribution in [0.25, 0.3) is 0 Å². The number of methoxy groups -OCH3 is 1. The maximum absolute atomic E-state index is 11.6. The van der Waals surface area contributed by atoms with Gasteiger partial charge >= 0.3 is 5.97 Å². The van der Waals surface area contributed by atoms with Crippen LogP contribution in [0.5, 0.6) is 0 Å². The first kappa shape index (κ1) is 17.9. The Bertz CT molecular complexity index is 529. The Hall–Kier alpha value is -2.15. The molecule has 1 rings (SSSR count). The molecule has 2 N–H and O–H groups in total. The second-order valence-electron chi connectivity index (χ2n) is 4.99. The van der Waals surface area contributed by atoms with Crippen molar-refractivity contribution in [2.45, 2.75) is 32.7 Å². The summed E-state index contributed by atoms with van der Waals surface area (Å²) in [5.74, 6) is -0.577. The SMILES string of the molecule is CC[C@@H](CO)[C@H](CC)Nc1cc(C(=O)OC)ccc1[N+](=O)[O-]. The van der Waals surface area contributed by atoms with E-state index in [9.17, 15) is 20.0 Å². The third-order valence-corrected chi connectivity index (χ3v) is 3.72. The molecule has 0 aliphatic rings. The van der Waals surface area contributed by atoms with Crippen molar-refractivity contribution in [1.82, 2.24) is 0 Å². The highest BCUT2D eigenvalue weighted by Gasteiger charge is 2.23. The number of nitro groups is 1. The zero-order valence-corrected chi connectivity index (χ0v) is 13.0. The third kappa shape index (κ3) is 4.17. The van der Waals surface area contributed by atoms with Crippen molar-refractivity contribution in [3.05, 3.63) is 33.9 Å². The van der Waals surface area contributed by atoms with Gasteiger partial charge in [0.25, 0.3) is 5.69 Å². The quantitative estimate of drug-likeness (QED) is 0.435. The maximum atomic E-state index is 11.6. The van der Waals surface area contributed by atoms with Gasteiger partial charge in [-0.1, -0.05) is 13.8 Å². The second-order valence-corrected chi connectivity index (χ2v) is 4.99. The van der Waals surface area contributed by atoms with Crippen LogP contribution in [0.15, 0.2) is 18.2 Å². The summed E-state index contributed by atoms with van der Waals surface area (Å²) in [5, 5.41) is 23.7. The molecule has 0 aliphatic carbocycles. The van der Waals surface area contributed by atoms with Gasteiger partial charge in [0.15, 0.2) is 0 Å². The van der Waals surface area contributed by atoms with Crippen molar-refractivity contribution in [3.8, 4) is 0 Å². The Kier molecular flexibility index (Phi) is 6.78. The molecule has 1 aromatic rings. The average molecular weight is 310 g/mol. The molecule has 0 unspecified atom stereocenters. The van der Waals surface area contributed by atoms with E-state index in [0.29, 0.717) is 6.42 Å². The molecule has 2 atom stereocenters. The number of benzene rings is 1. The molecule has 0 heterocycles. The van der Waals surface area contributed by atoms with E-state index in [1.807, 2.05) is 13.8 Å². The molecule has 0 amide bonds. The van der Waals surface area contributed by atoms with Gasteiger partial charge in [-0.3, -0.25) is 10.1 Å². The number of ether oxygens (including phenoxy) is 1. The Balaban J connectivity index is 3.18. The van der Waals surface area contributed by atoms with E-state index < -0.39 is 10.9 Å². The fourth-order valence-electron chi connectivity index (χ4n) is 2.35. The summed E-state index contributed by atoms with van der Waals surface area (Å²) < 4.78 is 4.64. The average Bonchev–Trinajstić information content (AvgIpc) is 2.53. The molecule has 0 bridgehead atoms. The number of hydrogen-bond acceptors (Lipinski definition) is 6. The topological polar surface area (TPSA) is 102 Å². The Labute approximate surface area is 129 Å². The first-order valence-corrected chi connectivity index (χ1v) is 7.22. The lowest BCUT2D eigenvalue weighted by Crippen LogP contribution is -2.31. The molecule has 22 heavy (non-hydrogen) atoms. The summed E-state index contributed by atoms with van der Waals surface area (Å²) in [6.45, 7) is 3.88. The number of carbonyl (C=O) groups excluding carboxylic acids is 1. The van der Waals surface area contributed by atoms with Gasteiger partial charge in [0.1, 0.15) is 5.69 Å². The summed E-state index contributed by atoms with van der Waals surface area (Å²) in [7, 11) is 1.25. The summed E-state index contributed by atoms with van der Waals surface area (Å²) in [5.41, 5.74) is 0.382. The summed E-state index contributed by atoms with van der Waals surface area (Å²) in [4.78, 5) is 22.2. The van der Waals surface area contributed by atoms with Crippen molar-refractivity contribution in [3.63, 3.8) is 0 Å². The molecule has 0 fully saturated rings. The van der Waals surface area contributed by atoms with Gasteiger partial charge in [0.05, 0.1) is 17.6 Å². The van der Waals surface area contributed by atoms with E-state index in [0.717, 1.165) is 6.42 Å². The molecule has 0 saturated heterocycles. The first-order valence-electron chi connectivity index (χ1n) is 7.22. The third-order valence-electron chi connectivity index (χ3n) is 3.72. The Morgan fingerprint density at radius 2 is 2.09 bits per heavy atom. The molecule has 0 aliphatic heterocycles. The van der Waals surface area contributed by atoms with E-state index in [1.54, 1.807) is 0 Å². The van der Waals surface area contributed by atoms with Crippen LogP contribution in [0.1, 0.15) is 37.0 Å². The van der Waals surface area contributed by atoms with Crippen LogP contribution in [0.3, 0.4) is 0 Å². The predicted octanol–water partition coefficient (Wildman–Crippen LogP) is 2.59. The smallest absolute Gasteiger partial charge is 0.337 e. The summed E-state index contributed by atoms with van der Waals surface area (Å²) in [6, 6.07) is 3.93. The number of hydrogen-bond donors (Lipinski definition) is 2. The number of aliphatic hydroxyl groups excluding tert-OH is 1. The van der Waals surface area contributed by atoms with Gasteiger partial charge in [0.2, 0.25) is 0 Å². The van der Waals surface area contributed by atoms with E-state index in [4.69, 9.17) is 0 Å². The second kappa shape index (κ2) is 8.33. The summed E-state index contributed by atoms with van der Waals surface area (Å²) in [6.07, 6.45) is 1.44. The minimum atomic E-state index is -0.555. The van der Waals surface area contributed by atoms with Gasteiger partial charge in [-0.2, -0.15) is 0 Å². The highest BCUT2D eigenvalue weighted by molar-refractivity contribution is 5.91. The number of anilines is 1. The number of nitrogens with zero attached hydrogens (tertiary/aromatic N) is 1. The highest BCUT2D eigenvalue weighted by Crippen LogP contribution is 2.28. The van der Waals surface area contributed by atoms with Crippen molar-refractivity contribution < 1.29 is 19.6 Å². The Morgan fingerprint density at radius 1 is 1.41 bits per heavy atom. The lowest BCUT2D eigenvalue weighted by atomic mass is 9.95. The van der Waals surface area contributed by atoms with Crippen molar-refractivity contribution in [2.75, 3.05) is 19.0 Å². The van der Waals surface area contributed by atoms with E-state index in [1.165, 1.54) is 25.3 Å². The van der Waals surface area contributed by atoms with Crippen LogP contribution < -0.4 is 5.32 Å². The molecule has 7 nitrogen and oxygen atoms in total. The molecule has 0 aromatic heterocycles. The molecular weight excluding hydrogens is 288 g/mol. The number of nitrogens with one attached hydrogen (secondary N) is 1. The lowest BCUT2D eigenvalue weighted by molar-refractivity contribution is -0.384. The van der Waals surface area contributed by atoms with Crippen LogP contribution in [-0.2, 0) is 4.74 Å². The van der Waals surface area contributed by atoms with E-state index >= 15 is 0 Å². The number of carbonyl (C=O) groups is 1. The van der Waals surface area contributed by atoms with Gasteiger partial charge in [0, 0.05) is 24.6 Å². The highest BCUT2D eigenvalue weighted by atomic mass is 16.6. The van der Waals surface area contributed by atoms with Gasteiger partial charge in [-0.05, 0) is 25.0 Å². The predicted molar refractivity (Wildman–Crippen MR) is 83.0 cm³/mol. The molecule has 1 aromatic carbocycles. The van der Waals surface area contributed by atoms with Crippen LogP contribution in [0.4, 0.5) is 11.4 Å². The molecular formula is C15H22N2O5. The van der Waals surface area contributed by atoms with Crippen LogP contribution in [0, 0.1) is 16.0 Å². The molecule has 0 radical (unpaired) electrons. The van der Waals surface area contributed by atoms with Gasteiger partial charge in [-0.25, -0.2) is 4.79 Å². The largest absolute Gasteiger partial charge is 0.465 e. The van der Waals surface area contributed by atoms with Crippen LogP contribution >= 0.6 is 0 Å². The molecule has 7 heteroatoms. The van der Waals surface area contributed by atoms with Crippen molar-refractivity contribution >= 4 is 17.3 Å². The van der Waals surface area contributed by atoms with Gasteiger partial charge in [-0.15, -0.1) is 0 Å². The van der Waals surface area contributed by atoms with Crippen LogP contribution in [-0.4, -0.2) is 35.8 Å². The first-order chi connectivity index (χ1) is 10.5. The monoisotopic (exact) mass is 310 g/mol. The normalized spacial score (nSPS) is 13.3. The number of esters is 1. The van der Waals surface area contributed by atoms with Gasteiger partial charge < -0.3 is 15.2 Å². The van der Waals surface area contributed by atoms with Crippen LogP contribution in [0.2, 0.25) is 0 Å². The zero-order chi connectivity index (χ0) is 16.7. The zero-order valence-electron chi connectivity index (χ0n) is 13.0. The maximum Gasteiger partial charge on any atom is 0.337 e. The van der Waals surface area contributed by atoms with Crippen molar-refractivity contribution in [2.24, 2.45) is 5.92 Å².